The summed E-state index contributed by atoms with van der Waals surface area (Å²) in [5.41, 5.74) is 2.30. The molecule has 7 heteroatoms. The summed E-state index contributed by atoms with van der Waals surface area (Å²) in [6.07, 6.45) is 4.84. The zero-order valence-corrected chi connectivity index (χ0v) is 17.7. The van der Waals surface area contributed by atoms with E-state index in [4.69, 9.17) is 14.2 Å². The Hall–Kier alpha value is -3.89. The average molecular weight is 437 g/mol. The van der Waals surface area contributed by atoms with E-state index in [1.807, 2.05) is 0 Å². The second kappa shape index (κ2) is 10.4. The number of methoxy groups -OCH3 is 1. The molecule has 0 aliphatic heterocycles. The third-order valence-corrected chi connectivity index (χ3v) is 4.40. The number of carbonyl (C=O) groups excluding carboxylic acids is 1. The van der Waals surface area contributed by atoms with E-state index >= 15 is 0 Å². The van der Waals surface area contributed by atoms with Crippen LogP contribution in [0, 0.1) is 23.5 Å². The molecule has 0 spiro atoms. The van der Waals surface area contributed by atoms with Crippen molar-refractivity contribution >= 4 is 5.97 Å². The van der Waals surface area contributed by atoms with Crippen LogP contribution < -0.4 is 4.74 Å². The first kappa shape index (κ1) is 22.8. The lowest BCUT2D eigenvalue weighted by Crippen LogP contribution is -2.10. The van der Waals surface area contributed by atoms with Gasteiger partial charge in [-0.05, 0) is 42.8 Å². The van der Waals surface area contributed by atoms with Crippen molar-refractivity contribution in [2.24, 2.45) is 0 Å². The van der Waals surface area contributed by atoms with Gasteiger partial charge in [0.1, 0.15) is 22.9 Å². The van der Waals surface area contributed by atoms with Crippen LogP contribution in [0.4, 0.5) is 8.78 Å². The maximum Gasteiger partial charge on any atom is 0.341 e. The van der Waals surface area contributed by atoms with Crippen LogP contribution in [0.5, 0.6) is 5.75 Å². The second-order valence-electron chi connectivity index (χ2n) is 6.58. The van der Waals surface area contributed by atoms with Crippen LogP contribution in [0.25, 0.3) is 16.8 Å². The van der Waals surface area contributed by atoms with E-state index in [1.165, 1.54) is 25.3 Å². The molecular weight excluding hydrogens is 416 g/mol. The zero-order valence-electron chi connectivity index (χ0n) is 17.7. The smallest absolute Gasteiger partial charge is 0.341 e. The predicted molar refractivity (Wildman–Crippen MR) is 117 cm³/mol. The highest BCUT2D eigenvalue weighted by molar-refractivity contribution is 5.93. The molecular formula is C25H21F2NO4. The number of aromatic nitrogens is 1. The molecule has 1 aromatic heterocycles. The molecule has 1 heterocycles. The lowest BCUT2D eigenvalue weighted by Gasteiger charge is -2.12. The minimum absolute atomic E-state index is 0.0641. The minimum Gasteiger partial charge on any atom is -0.467 e. The predicted octanol–water partition coefficient (Wildman–Crippen LogP) is 5.12. The zero-order chi connectivity index (χ0) is 23.1. The van der Waals surface area contributed by atoms with Gasteiger partial charge in [0, 0.05) is 42.9 Å². The fraction of sp³-hybridized carbons (Fsp3) is 0.160. The molecule has 0 unspecified atom stereocenters. The van der Waals surface area contributed by atoms with Gasteiger partial charge in [-0.1, -0.05) is 18.4 Å². The molecule has 0 radical (unpaired) electrons. The van der Waals surface area contributed by atoms with Crippen molar-refractivity contribution < 1.29 is 27.8 Å². The number of carbonyl (C=O) groups is 1. The van der Waals surface area contributed by atoms with Crippen LogP contribution in [0.2, 0.25) is 0 Å². The standard InChI is InChI=1S/C25H21F2NO4/c1-4-6-7-17-14-28(15-23(17)18-10-19(26)12-20(27)11-18)21-8-9-22(25(29)31-5-2)24(13-21)32-16-30-3/h4,8-15H,1,5,16H2,2-3H3. The molecule has 0 bridgehead atoms. The van der Waals surface area contributed by atoms with Gasteiger partial charge in [-0.2, -0.15) is 0 Å². The van der Waals surface area contributed by atoms with Crippen molar-refractivity contribution in [3.05, 3.63) is 84.2 Å². The van der Waals surface area contributed by atoms with Crippen molar-refractivity contribution in [3.63, 3.8) is 0 Å². The summed E-state index contributed by atoms with van der Waals surface area (Å²) < 4.78 is 44.9. The highest BCUT2D eigenvalue weighted by Crippen LogP contribution is 2.30. The van der Waals surface area contributed by atoms with Crippen LogP contribution in [-0.4, -0.2) is 31.0 Å². The summed E-state index contributed by atoms with van der Waals surface area (Å²) in [6, 6.07) is 8.20. The first-order chi connectivity index (χ1) is 15.5. The Morgan fingerprint density at radius 1 is 1.16 bits per heavy atom. The van der Waals surface area contributed by atoms with Crippen LogP contribution in [0.1, 0.15) is 22.8 Å². The van der Waals surface area contributed by atoms with Gasteiger partial charge in [0.2, 0.25) is 0 Å². The lowest BCUT2D eigenvalue weighted by molar-refractivity contribution is 0.0438. The number of hydrogen-bond donors (Lipinski definition) is 0. The maximum absolute atomic E-state index is 13.8. The number of rotatable bonds is 7. The van der Waals surface area contributed by atoms with Gasteiger partial charge in [-0.15, -0.1) is 0 Å². The maximum atomic E-state index is 13.8. The lowest BCUT2D eigenvalue weighted by atomic mass is 10.0. The van der Waals surface area contributed by atoms with E-state index < -0.39 is 17.6 Å². The third kappa shape index (κ3) is 5.23. The average Bonchev–Trinajstić information content (AvgIpc) is 3.20. The van der Waals surface area contributed by atoms with Gasteiger partial charge in [0.05, 0.1) is 12.2 Å². The molecule has 0 saturated carbocycles. The molecule has 0 saturated heterocycles. The summed E-state index contributed by atoms with van der Waals surface area (Å²) in [7, 11) is 1.47. The quantitative estimate of drug-likeness (QED) is 0.293. The van der Waals surface area contributed by atoms with Crippen LogP contribution >= 0.6 is 0 Å². The highest BCUT2D eigenvalue weighted by Gasteiger charge is 2.17. The third-order valence-electron chi connectivity index (χ3n) is 4.40. The van der Waals surface area contributed by atoms with Crippen LogP contribution in [0.3, 0.4) is 0 Å². The number of benzene rings is 2. The Labute approximate surface area is 184 Å². The fourth-order valence-electron chi connectivity index (χ4n) is 3.06. The number of nitrogens with zero attached hydrogens (tertiary/aromatic N) is 1. The van der Waals surface area contributed by atoms with E-state index in [1.54, 1.807) is 42.1 Å². The van der Waals surface area contributed by atoms with Crippen molar-refractivity contribution in [2.75, 3.05) is 20.5 Å². The molecule has 3 rings (SSSR count). The molecule has 2 aromatic carbocycles. The number of ether oxygens (including phenoxy) is 3. The molecule has 0 aliphatic carbocycles. The van der Waals surface area contributed by atoms with Gasteiger partial charge in [0.25, 0.3) is 0 Å². The summed E-state index contributed by atoms with van der Waals surface area (Å²) >= 11 is 0. The molecule has 0 fully saturated rings. The van der Waals surface area contributed by atoms with Gasteiger partial charge in [-0.3, -0.25) is 0 Å². The van der Waals surface area contributed by atoms with Gasteiger partial charge in [-0.25, -0.2) is 13.6 Å². The molecule has 164 valence electrons. The van der Waals surface area contributed by atoms with E-state index in [0.29, 0.717) is 22.4 Å². The molecule has 0 atom stereocenters. The van der Waals surface area contributed by atoms with Gasteiger partial charge in [0.15, 0.2) is 6.79 Å². The Balaban J connectivity index is 2.11. The van der Waals surface area contributed by atoms with Crippen molar-refractivity contribution in [1.29, 1.82) is 0 Å². The van der Waals surface area contributed by atoms with E-state index in [9.17, 15) is 13.6 Å². The molecule has 0 aliphatic rings. The number of esters is 1. The summed E-state index contributed by atoms with van der Waals surface area (Å²) in [5.74, 6) is 4.05. The monoisotopic (exact) mass is 437 g/mol. The molecule has 0 amide bonds. The summed E-state index contributed by atoms with van der Waals surface area (Å²) in [4.78, 5) is 12.3. The van der Waals surface area contributed by atoms with Crippen molar-refractivity contribution in [2.45, 2.75) is 6.92 Å². The normalized spacial score (nSPS) is 10.2. The van der Waals surface area contributed by atoms with E-state index in [-0.39, 0.29) is 24.7 Å². The van der Waals surface area contributed by atoms with Crippen LogP contribution in [-0.2, 0) is 9.47 Å². The summed E-state index contributed by atoms with van der Waals surface area (Å²) in [5, 5.41) is 0. The Bertz CT molecular complexity index is 1180. The van der Waals surface area contributed by atoms with Crippen molar-refractivity contribution in [3.8, 4) is 34.4 Å². The SMILES string of the molecule is C=CC#Cc1cn(-c2ccc(C(=O)OCC)c(OCOC)c2)cc1-c1cc(F)cc(F)c1. The first-order valence-electron chi connectivity index (χ1n) is 9.71. The van der Waals surface area contributed by atoms with Gasteiger partial charge < -0.3 is 18.8 Å². The van der Waals surface area contributed by atoms with Crippen LogP contribution in [0.15, 0.2) is 61.4 Å². The van der Waals surface area contributed by atoms with Gasteiger partial charge >= 0.3 is 5.97 Å². The minimum atomic E-state index is -0.690. The van der Waals surface area contributed by atoms with E-state index in [0.717, 1.165) is 6.07 Å². The second-order valence-corrected chi connectivity index (χ2v) is 6.58. The Morgan fingerprint density at radius 2 is 1.91 bits per heavy atom. The number of halogens is 2. The Morgan fingerprint density at radius 3 is 2.56 bits per heavy atom. The molecule has 32 heavy (non-hydrogen) atoms. The number of hydrogen-bond acceptors (Lipinski definition) is 4. The topological polar surface area (TPSA) is 49.7 Å². The van der Waals surface area contributed by atoms with Crippen molar-refractivity contribution in [1.82, 2.24) is 4.57 Å². The molecule has 3 aromatic rings. The fourth-order valence-corrected chi connectivity index (χ4v) is 3.06. The molecule has 5 nitrogen and oxygen atoms in total. The van der Waals surface area contributed by atoms with E-state index in [2.05, 4.69) is 18.4 Å². The largest absolute Gasteiger partial charge is 0.467 e. The number of allylic oxidation sites excluding steroid dienone is 1. The Kier molecular flexibility index (Phi) is 7.42. The molecule has 0 N–H and O–H groups in total. The summed E-state index contributed by atoms with van der Waals surface area (Å²) in [6.45, 7) is 5.45. The highest BCUT2D eigenvalue weighted by atomic mass is 19.1. The first-order valence-corrected chi connectivity index (χ1v) is 9.71.